The Bertz CT molecular complexity index is 476. The summed E-state index contributed by atoms with van der Waals surface area (Å²) in [4.78, 5) is 11.9. The van der Waals surface area contributed by atoms with Gasteiger partial charge >= 0.3 is 0 Å². The molecule has 6 nitrogen and oxygen atoms in total. The molecule has 1 aromatic carbocycles. The maximum Gasteiger partial charge on any atom is 0.246 e. The lowest BCUT2D eigenvalue weighted by molar-refractivity contribution is -0.126. The van der Waals surface area contributed by atoms with Gasteiger partial charge in [0.25, 0.3) is 0 Å². The number of rotatable bonds is 10. The number of halogens is 1. The van der Waals surface area contributed by atoms with Crippen LogP contribution < -0.4 is 15.4 Å². The molecule has 0 saturated carbocycles. The van der Waals surface area contributed by atoms with Gasteiger partial charge in [0.2, 0.25) is 5.91 Å². The summed E-state index contributed by atoms with van der Waals surface area (Å²) in [6.07, 6.45) is 2.01. The van der Waals surface area contributed by atoms with E-state index in [2.05, 4.69) is 10.6 Å². The maximum absolute atomic E-state index is 11.9. The summed E-state index contributed by atoms with van der Waals surface area (Å²) in [6, 6.07) is 9.55. The molecule has 0 aromatic heterocycles. The van der Waals surface area contributed by atoms with E-state index in [1.54, 1.807) is 7.11 Å². The van der Waals surface area contributed by atoms with Crippen molar-refractivity contribution >= 4 is 18.3 Å². The molecular formula is C18H29ClN2O4. The predicted molar refractivity (Wildman–Crippen MR) is 99.4 cm³/mol. The van der Waals surface area contributed by atoms with Crippen molar-refractivity contribution in [3.63, 3.8) is 0 Å². The Hall–Kier alpha value is -1.34. The van der Waals surface area contributed by atoms with E-state index in [0.29, 0.717) is 26.4 Å². The van der Waals surface area contributed by atoms with Gasteiger partial charge in [0.15, 0.2) is 0 Å². The van der Waals surface area contributed by atoms with Crippen LogP contribution in [0, 0.1) is 5.41 Å². The largest absolute Gasteiger partial charge is 0.491 e. The number of nitrogens with one attached hydrogen (secondary N) is 2. The molecule has 1 fully saturated rings. The van der Waals surface area contributed by atoms with E-state index in [9.17, 15) is 4.79 Å². The van der Waals surface area contributed by atoms with E-state index in [4.69, 9.17) is 14.2 Å². The van der Waals surface area contributed by atoms with Crippen LogP contribution in [0.2, 0.25) is 0 Å². The second kappa shape index (κ2) is 12.1. The number of para-hydroxylation sites is 1. The van der Waals surface area contributed by atoms with Gasteiger partial charge < -0.3 is 24.8 Å². The lowest BCUT2D eigenvalue weighted by Crippen LogP contribution is -2.47. The number of methoxy groups -OCH3 is 1. The Balaban J connectivity index is 0.00000312. The Morgan fingerprint density at radius 3 is 2.60 bits per heavy atom. The van der Waals surface area contributed by atoms with Crippen molar-refractivity contribution in [2.45, 2.75) is 12.8 Å². The molecule has 1 aliphatic rings. The summed E-state index contributed by atoms with van der Waals surface area (Å²) in [6.45, 7) is 4.09. The third kappa shape index (κ3) is 8.05. The number of benzene rings is 1. The van der Waals surface area contributed by atoms with Crippen molar-refractivity contribution in [3.8, 4) is 5.75 Å². The molecule has 1 aliphatic heterocycles. The third-order valence-electron chi connectivity index (χ3n) is 4.25. The number of piperidine rings is 1. The first-order valence-electron chi connectivity index (χ1n) is 8.46. The van der Waals surface area contributed by atoms with E-state index in [1.165, 1.54) is 0 Å². The fourth-order valence-electron chi connectivity index (χ4n) is 2.87. The van der Waals surface area contributed by atoms with E-state index in [-0.39, 0.29) is 30.3 Å². The Labute approximate surface area is 156 Å². The van der Waals surface area contributed by atoms with Crippen LogP contribution in [0.15, 0.2) is 30.3 Å². The fraction of sp³-hybridized carbons (Fsp3) is 0.611. The van der Waals surface area contributed by atoms with Crippen molar-refractivity contribution < 1.29 is 19.0 Å². The Morgan fingerprint density at radius 2 is 1.92 bits per heavy atom. The minimum Gasteiger partial charge on any atom is -0.491 e. The highest BCUT2D eigenvalue weighted by molar-refractivity contribution is 5.85. The molecule has 1 heterocycles. The maximum atomic E-state index is 11.9. The van der Waals surface area contributed by atoms with Gasteiger partial charge in [-0.3, -0.25) is 4.79 Å². The molecule has 1 aromatic rings. The molecule has 0 aliphatic carbocycles. The first-order chi connectivity index (χ1) is 11.7. The molecule has 0 unspecified atom stereocenters. The number of carbonyl (C=O) groups excluding carboxylic acids is 1. The summed E-state index contributed by atoms with van der Waals surface area (Å²) in [5, 5.41) is 6.31. The zero-order valence-corrected chi connectivity index (χ0v) is 15.6. The summed E-state index contributed by atoms with van der Waals surface area (Å²) >= 11 is 0. The highest BCUT2D eigenvalue weighted by Gasteiger charge is 2.32. The van der Waals surface area contributed by atoms with Gasteiger partial charge in [0, 0.05) is 19.1 Å². The molecule has 0 spiro atoms. The zero-order valence-electron chi connectivity index (χ0n) is 14.8. The van der Waals surface area contributed by atoms with E-state index in [0.717, 1.165) is 31.7 Å². The summed E-state index contributed by atoms with van der Waals surface area (Å²) < 4.78 is 16.2. The van der Waals surface area contributed by atoms with Crippen LogP contribution in [-0.2, 0) is 14.3 Å². The monoisotopic (exact) mass is 372 g/mol. The highest BCUT2D eigenvalue weighted by Crippen LogP contribution is 2.28. The van der Waals surface area contributed by atoms with E-state index < -0.39 is 0 Å². The van der Waals surface area contributed by atoms with E-state index in [1.807, 2.05) is 30.3 Å². The molecule has 7 heteroatoms. The van der Waals surface area contributed by atoms with Crippen molar-refractivity contribution in [1.29, 1.82) is 0 Å². The SMILES string of the molecule is COCC1(CNC(=O)COCCOc2ccccc2)CCNCC1.Cl. The number of hydrogen-bond acceptors (Lipinski definition) is 5. The first kappa shape index (κ1) is 21.7. The molecule has 2 rings (SSSR count). The second-order valence-corrected chi connectivity index (χ2v) is 6.17. The molecule has 142 valence electrons. The lowest BCUT2D eigenvalue weighted by Gasteiger charge is -2.37. The topological polar surface area (TPSA) is 68.8 Å². The average molecular weight is 373 g/mol. The quantitative estimate of drug-likeness (QED) is 0.611. The van der Waals surface area contributed by atoms with Crippen molar-refractivity contribution in [2.75, 3.05) is 53.2 Å². The van der Waals surface area contributed by atoms with Gasteiger partial charge in [-0.25, -0.2) is 0 Å². The minimum absolute atomic E-state index is 0. The van der Waals surface area contributed by atoms with Gasteiger partial charge in [-0.1, -0.05) is 18.2 Å². The molecular weight excluding hydrogens is 344 g/mol. The Kier molecular flexibility index (Phi) is 10.5. The van der Waals surface area contributed by atoms with Gasteiger partial charge in [0.1, 0.15) is 19.0 Å². The average Bonchev–Trinajstić information content (AvgIpc) is 2.62. The molecule has 0 atom stereocenters. The summed E-state index contributed by atoms with van der Waals surface area (Å²) in [7, 11) is 1.71. The number of amides is 1. The number of carbonyl (C=O) groups is 1. The van der Waals surface area contributed by atoms with Crippen molar-refractivity contribution in [2.24, 2.45) is 5.41 Å². The van der Waals surface area contributed by atoms with Crippen LogP contribution in [0.5, 0.6) is 5.75 Å². The fourth-order valence-corrected chi connectivity index (χ4v) is 2.87. The molecule has 2 N–H and O–H groups in total. The summed E-state index contributed by atoms with van der Waals surface area (Å²) in [5.74, 6) is 0.710. The van der Waals surface area contributed by atoms with Crippen LogP contribution in [0.3, 0.4) is 0 Å². The Morgan fingerprint density at radius 1 is 1.20 bits per heavy atom. The molecule has 1 saturated heterocycles. The second-order valence-electron chi connectivity index (χ2n) is 6.17. The molecule has 1 amide bonds. The van der Waals surface area contributed by atoms with Gasteiger partial charge in [-0.2, -0.15) is 0 Å². The van der Waals surface area contributed by atoms with Crippen molar-refractivity contribution in [3.05, 3.63) is 30.3 Å². The molecule has 25 heavy (non-hydrogen) atoms. The predicted octanol–water partition coefficient (Wildman–Crippen LogP) is 1.64. The number of ether oxygens (including phenoxy) is 3. The van der Waals surface area contributed by atoms with Gasteiger partial charge in [0.05, 0.1) is 13.2 Å². The van der Waals surface area contributed by atoms with Crippen LogP contribution in [0.25, 0.3) is 0 Å². The zero-order chi connectivity index (χ0) is 17.1. The summed E-state index contributed by atoms with van der Waals surface area (Å²) in [5.41, 5.74) is 0.0338. The van der Waals surface area contributed by atoms with Gasteiger partial charge in [-0.05, 0) is 38.1 Å². The molecule has 0 bridgehead atoms. The van der Waals surface area contributed by atoms with E-state index >= 15 is 0 Å². The number of hydrogen-bond donors (Lipinski definition) is 2. The minimum atomic E-state index is -0.0938. The first-order valence-corrected chi connectivity index (χ1v) is 8.46. The molecule has 0 radical (unpaired) electrons. The van der Waals surface area contributed by atoms with Gasteiger partial charge in [-0.15, -0.1) is 12.4 Å². The normalized spacial score (nSPS) is 15.9. The van der Waals surface area contributed by atoms with Crippen LogP contribution in [0.4, 0.5) is 0 Å². The smallest absolute Gasteiger partial charge is 0.246 e. The standard InChI is InChI=1S/C18H28N2O4.ClH/c1-22-15-18(7-9-19-10-8-18)14-20-17(21)13-23-11-12-24-16-5-3-2-4-6-16;/h2-6,19H,7-15H2,1H3,(H,20,21);1H. The van der Waals surface area contributed by atoms with Crippen LogP contribution >= 0.6 is 12.4 Å². The third-order valence-corrected chi connectivity index (χ3v) is 4.25. The van der Waals surface area contributed by atoms with Crippen LogP contribution in [-0.4, -0.2) is 59.1 Å². The highest BCUT2D eigenvalue weighted by atomic mass is 35.5. The lowest BCUT2D eigenvalue weighted by atomic mass is 9.79. The van der Waals surface area contributed by atoms with Crippen LogP contribution in [0.1, 0.15) is 12.8 Å². The van der Waals surface area contributed by atoms with Crippen molar-refractivity contribution in [1.82, 2.24) is 10.6 Å².